The van der Waals surface area contributed by atoms with Gasteiger partial charge in [-0.2, -0.15) is 0 Å². The summed E-state index contributed by atoms with van der Waals surface area (Å²) in [6.07, 6.45) is -0.497. The molecule has 206 valence electrons. The van der Waals surface area contributed by atoms with Crippen LogP contribution >= 0.6 is 23.2 Å². The first-order chi connectivity index (χ1) is 18.6. The molecule has 0 radical (unpaired) electrons. The summed E-state index contributed by atoms with van der Waals surface area (Å²) in [6, 6.07) is 5.41. The molecule has 3 heterocycles. The van der Waals surface area contributed by atoms with Crippen LogP contribution in [0.25, 0.3) is 16.9 Å². The SMILES string of the molecule is C[S+]([O-])c1nnc(C2CC(n3cc(-c4cc(F)c(F)c(F)c4)nn3)C(O)C(CO)O2)n1-c1ccc(Cl)c(Cl)c1. The lowest BCUT2D eigenvalue weighted by atomic mass is 9.95. The fourth-order valence-electron chi connectivity index (χ4n) is 4.35. The highest BCUT2D eigenvalue weighted by atomic mass is 35.5. The minimum Gasteiger partial charge on any atom is -0.609 e. The number of hydrogen-bond acceptors (Lipinski definition) is 8. The van der Waals surface area contributed by atoms with E-state index in [4.69, 9.17) is 27.9 Å². The first kappa shape index (κ1) is 27.8. The molecular formula is C23H19Cl2F3N6O4S. The van der Waals surface area contributed by atoms with Crippen molar-refractivity contribution >= 4 is 34.4 Å². The van der Waals surface area contributed by atoms with Gasteiger partial charge < -0.3 is 19.5 Å². The van der Waals surface area contributed by atoms with Gasteiger partial charge in [-0.1, -0.05) is 33.5 Å². The minimum atomic E-state index is -1.61. The fraction of sp³-hybridized carbons (Fsp3) is 0.304. The van der Waals surface area contributed by atoms with Crippen LogP contribution in [0.2, 0.25) is 10.0 Å². The Balaban J connectivity index is 1.53. The largest absolute Gasteiger partial charge is 0.609 e. The van der Waals surface area contributed by atoms with Gasteiger partial charge in [0.1, 0.15) is 30.3 Å². The summed E-state index contributed by atoms with van der Waals surface area (Å²) in [7, 11) is 0. The molecule has 0 saturated carbocycles. The van der Waals surface area contributed by atoms with Crippen LogP contribution < -0.4 is 0 Å². The predicted octanol–water partition coefficient (Wildman–Crippen LogP) is 3.41. The highest BCUT2D eigenvalue weighted by Crippen LogP contribution is 2.39. The number of aromatic nitrogens is 6. The van der Waals surface area contributed by atoms with Gasteiger partial charge in [0.25, 0.3) is 0 Å². The van der Waals surface area contributed by atoms with Gasteiger partial charge in [-0.25, -0.2) is 22.4 Å². The lowest BCUT2D eigenvalue weighted by molar-refractivity contribution is -0.161. The molecule has 2 N–H and O–H groups in total. The lowest BCUT2D eigenvalue weighted by Gasteiger charge is -2.38. The summed E-state index contributed by atoms with van der Waals surface area (Å²) in [4.78, 5) is 0. The van der Waals surface area contributed by atoms with E-state index < -0.39 is 59.6 Å². The van der Waals surface area contributed by atoms with Crippen LogP contribution in [0.3, 0.4) is 0 Å². The monoisotopic (exact) mass is 602 g/mol. The van der Waals surface area contributed by atoms with Crippen molar-refractivity contribution in [3.63, 3.8) is 0 Å². The van der Waals surface area contributed by atoms with Crippen molar-refractivity contribution in [3.05, 3.63) is 69.9 Å². The van der Waals surface area contributed by atoms with Gasteiger partial charge in [-0.3, -0.25) is 0 Å². The van der Waals surface area contributed by atoms with Gasteiger partial charge in [-0.05, 0) is 30.3 Å². The average molecular weight is 603 g/mol. The normalized spacial score (nSPS) is 22.3. The van der Waals surface area contributed by atoms with Crippen LogP contribution in [-0.2, 0) is 15.9 Å². The third-order valence-corrected chi connectivity index (χ3v) is 7.76. The Bertz CT molecular complexity index is 1500. The summed E-state index contributed by atoms with van der Waals surface area (Å²) in [5, 5.41) is 37.6. The molecule has 0 spiro atoms. The van der Waals surface area contributed by atoms with Crippen molar-refractivity contribution in [2.45, 2.75) is 35.9 Å². The first-order valence-corrected chi connectivity index (χ1v) is 13.7. The smallest absolute Gasteiger partial charge is 0.347 e. The Morgan fingerprint density at radius 1 is 1.10 bits per heavy atom. The molecule has 5 unspecified atom stereocenters. The summed E-state index contributed by atoms with van der Waals surface area (Å²) < 4.78 is 62.1. The van der Waals surface area contributed by atoms with Gasteiger partial charge >= 0.3 is 5.16 Å². The number of ether oxygens (including phenoxy) is 1. The number of aliphatic hydroxyl groups excluding tert-OH is 2. The fourth-order valence-corrected chi connectivity index (χ4v) is 5.26. The summed E-state index contributed by atoms with van der Waals surface area (Å²) in [5.74, 6) is -4.19. The minimum absolute atomic E-state index is 0.0197. The average Bonchev–Trinajstić information content (AvgIpc) is 3.57. The Labute approximate surface area is 232 Å². The van der Waals surface area contributed by atoms with Crippen molar-refractivity contribution in [2.24, 2.45) is 0 Å². The molecule has 1 aliphatic rings. The third kappa shape index (κ3) is 5.25. The molecule has 4 aromatic rings. The zero-order valence-corrected chi connectivity index (χ0v) is 22.2. The lowest BCUT2D eigenvalue weighted by Crippen LogP contribution is -2.45. The number of nitrogens with zero attached hydrogens (tertiary/aromatic N) is 6. The Morgan fingerprint density at radius 2 is 1.82 bits per heavy atom. The van der Waals surface area contributed by atoms with Crippen LogP contribution in [0.15, 0.2) is 41.7 Å². The van der Waals surface area contributed by atoms with Crippen molar-refractivity contribution in [2.75, 3.05) is 12.9 Å². The Morgan fingerprint density at radius 3 is 2.46 bits per heavy atom. The number of benzene rings is 2. The van der Waals surface area contributed by atoms with Crippen molar-refractivity contribution in [1.29, 1.82) is 0 Å². The van der Waals surface area contributed by atoms with Crippen LogP contribution in [0.5, 0.6) is 0 Å². The zero-order valence-electron chi connectivity index (χ0n) is 19.9. The van der Waals surface area contributed by atoms with E-state index in [1.165, 1.54) is 27.8 Å². The zero-order chi connectivity index (χ0) is 28.0. The number of halogens is 5. The first-order valence-electron chi connectivity index (χ1n) is 11.3. The molecule has 39 heavy (non-hydrogen) atoms. The van der Waals surface area contributed by atoms with E-state index in [2.05, 4.69) is 20.5 Å². The highest BCUT2D eigenvalue weighted by molar-refractivity contribution is 7.90. The predicted molar refractivity (Wildman–Crippen MR) is 133 cm³/mol. The molecule has 0 amide bonds. The van der Waals surface area contributed by atoms with Gasteiger partial charge in [0.15, 0.2) is 23.3 Å². The quantitative estimate of drug-likeness (QED) is 0.253. The molecule has 5 atom stereocenters. The highest BCUT2D eigenvalue weighted by Gasteiger charge is 2.42. The van der Waals surface area contributed by atoms with Crippen LogP contribution in [-0.4, -0.2) is 69.6 Å². The second-order valence-electron chi connectivity index (χ2n) is 8.71. The Kier molecular flexibility index (Phi) is 7.88. The Hall–Kier alpha value is -2.72. The molecule has 2 aromatic carbocycles. The van der Waals surface area contributed by atoms with Gasteiger partial charge in [-0.15, -0.1) is 10.2 Å². The van der Waals surface area contributed by atoms with E-state index in [0.29, 0.717) is 10.7 Å². The van der Waals surface area contributed by atoms with Gasteiger partial charge in [0.2, 0.25) is 0 Å². The molecule has 0 bridgehead atoms. The van der Waals surface area contributed by atoms with Crippen LogP contribution in [0, 0.1) is 17.5 Å². The van der Waals surface area contributed by atoms with Crippen molar-refractivity contribution < 1.29 is 32.7 Å². The van der Waals surface area contributed by atoms with E-state index >= 15 is 0 Å². The maximum absolute atomic E-state index is 13.8. The van der Waals surface area contributed by atoms with Crippen molar-refractivity contribution in [3.8, 4) is 16.9 Å². The van der Waals surface area contributed by atoms with E-state index in [1.54, 1.807) is 12.1 Å². The number of aliphatic hydroxyl groups is 2. The van der Waals surface area contributed by atoms with E-state index in [9.17, 15) is 27.9 Å². The molecule has 10 nitrogen and oxygen atoms in total. The molecule has 5 rings (SSSR count). The standard InChI is InChI=1S/C23H19Cl2F3N6O4S/c1-39(37)23-31-30-22(34(23)11-2-3-12(24)13(25)6-11)18-7-17(21(36)19(9-35)38-18)33-8-16(29-32-33)10-4-14(26)20(28)15(27)5-10/h2-6,8,17-19,21,35-36H,7,9H2,1H3. The topological polar surface area (TPSA) is 134 Å². The second-order valence-corrected chi connectivity index (χ2v) is 10.8. The maximum atomic E-state index is 13.8. The second kappa shape index (κ2) is 11.0. The maximum Gasteiger partial charge on any atom is 0.347 e. The molecule has 1 fully saturated rings. The van der Waals surface area contributed by atoms with Crippen molar-refractivity contribution in [1.82, 2.24) is 29.8 Å². The molecule has 2 aromatic heterocycles. The van der Waals surface area contributed by atoms with E-state index in [0.717, 1.165) is 12.1 Å². The van der Waals surface area contributed by atoms with E-state index in [-0.39, 0.29) is 33.7 Å². The summed E-state index contributed by atoms with van der Waals surface area (Å²) in [6.45, 7) is -0.572. The molecular weight excluding hydrogens is 584 g/mol. The number of hydrogen-bond donors (Lipinski definition) is 2. The number of rotatable bonds is 6. The third-order valence-electron chi connectivity index (χ3n) is 6.24. The molecule has 1 saturated heterocycles. The molecule has 16 heteroatoms. The summed E-state index contributed by atoms with van der Waals surface area (Å²) in [5.41, 5.74) is 0.403. The van der Waals surface area contributed by atoms with Crippen LogP contribution in [0.1, 0.15) is 24.4 Å². The van der Waals surface area contributed by atoms with Crippen LogP contribution in [0.4, 0.5) is 13.2 Å². The summed E-state index contributed by atoms with van der Waals surface area (Å²) >= 11 is 10.7. The molecule has 0 aliphatic carbocycles. The van der Waals surface area contributed by atoms with Gasteiger partial charge in [0.05, 0.1) is 34.6 Å². The molecule has 1 aliphatic heterocycles. The van der Waals surface area contributed by atoms with Gasteiger partial charge in [0, 0.05) is 23.2 Å². The van der Waals surface area contributed by atoms with E-state index in [1.807, 2.05) is 0 Å².